The zero-order valence-corrected chi connectivity index (χ0v) is 13.2. The highest BCUT2D eigenvalue weighted by Gasteiger charge is 2.19. The van der Waals surface area contributed by atoms with E-state index in [-0.39, 0.29) is 45.5 Å². The summed E-state index contributed by atoms with van der Waals surface area (Å²) in [6.45, 7) is -0.0260. The number of nitrogens with one attached hydrogen (secondary N) is 2. The van der Waals surface area contributed by atoms with Crippen molar-refractivity contribution in [3.63, 3.8) is 0 Å². The number of aliphatic imine (C=N–C) groups is 1. The SMILES string of the molecule is NCc1nc2c(F)c(F)cc(C(=Nc3ccc(F)c(Cl)c3)NO)c2[nH]1. The van der Waals surface area contributed by atoms with E-state index >= 15 is 0 Å². The summed E-state index contributed by atoms with van der Waals surface area (Å²) in [6, 6.07) is 4.43. The molecule has 1 heterocycles. The molecule has 1 aromatic heterocycles. The minimum Gasteiger partial charge on any atom is -0.340 e. The third kappa shape index (κ3) is 3.16. The number of aromatic amines is 1. The van der Waals surface area contributed by atoms with Crippen molar-refractivity contribution in [1.82, 2.24) is 15.4 Å². The van der Waals surface area contributed by atoms with Crippen molar-refractivity contribution in [2.75, 3.05) is 0 Å². The molecular weight excluding hydrogens is 359 g/mol. The molecule has 25 heavy (non-hydrogen) atoms. The Morgan fingerprint density at radius 2 is 2.04 bits per heavy atom. The second kappa shape index (κ2) is 6.71. The smallest absolute Gasteiger partial charge is 0.186 e. The molecule has 130 valence electrons. The molecule has 0 amide bonds. The van der Waals surface area contributed by atoms with Gasteiger partial charge in [0, 0.05) is 5.56 Å². The molecule has 0 atom stereocenters. The number of nitrogens with zero attached hydrogens (tertiary/aromatic N) is 2. The fourth-order valence-corrected chi connectivity index (χ4v) is 2.44. The van der Waals surface area contributed by atoms with E-state index in [0.29, 0.717) is 0 Å². The van der Waals surface area contributed by atoms with Crippen LogP contribution in [0.5, 0.6) is 0 Å². The van der Waals surface area contributed by atoms with E-state index in [1.807, 2.05) is 5.48 Å². The second-order valence-corrected chi connectivity index (χ2v) is 5.41. The molecule has 0 saturated heterocycles. The Kier molecular flexibility index (Phi) is 4.62. The highest BCUT2D eigenvalue weighted by Crippen LogP contribution is 2.26. The average Bonchev–Trinajstić information content (AvgIpc) is 3.04. The molecule has 0 aliphatic carbocycles. The van der Waals surface area contributed by atoms with Gasteiger partial charge in [-0.1, -0.05) is 11.6 Å². The van der Waals surface area contributed by atoms with Crippen LogP contribution in [-0.4, -0.2) is 21.0 Å². The first-order valence-electron chi connectivity index (χ1n) is 6.95. The van der Waals surface area contributed by atoms with E-state index in [4.69, 9.17) is 17.3 Å². The summed E-state index contributed by atoms with van der Waals surface area (Å²) in [6.07, 6.45) is 0. The zero-order chi connectivity index (χ0) is 18.1. The third-order valence-electron chi connectivity index (χ3n) is 3.41. The normalized spacial score (nSPS) is 12.0. The fourth-order valence-electron chi connectivity index (χ4n) is 2.26. The van der Waals surface area contributed by atoms with Crippen molar-refractivity contribution >= 4 is 34.2 Å². The first kappa shape index (κ1) is 17.2. The van der Waals surface area contributed by atoms with Gasteiger partial charge in [0.2, 0.25) is 0 Å². The maximum absolute atomic E-state index is 13.9. The van der Waals surface area contributed by atoms with Gasteiger partial charge in [0.15, 0.2) is 17.5 Å². The molecule has 0 saturated carbocycles. The summed E-state index contributed by atoms with van der Waals surface area (Å²) in [4.78, 5) is 10.7. The molecule has 5 N–H and O–H groups in total. The highest BCUT2D eigenvalue weighted by molar-refractivity contribution is 6.31. The van der Waals surface area contributed by atoms with Crippen LogP contribution in [0.15, 0.2) is 29.3 Å². The second-order valence-electron chi connectivity index (χ2n) is 5.00. The number of benzene rings is 2. The van der Waals surface area contributed by atoms with Gasteiger partial charge < -0.3 is 10.7 Å². The topological polar surface area (TPSA) is 99.3 Å². The van der Waals surface area contributed by atoms with Gasteiger partial charge >= 0.3 is 0 Å². The van der Waals surface area contributed by atoms with Crippen LogP contribution in [0.3, 0.4) is 0 Å². The van der Waals surface area contributed by atoms with Crippen molar-refractivity contribution in [2.45, 2.75) is 6.54 Å². The minimum absolute atomic E-state index is 0.00375. The first-order valence-corrected chi connectivity index (χ1v) is 7.33. The Hall–Kier alpha value is -2.62. The average molecular weight is 370 g/mol. The lowest BCUT2D eigenvalue weighted by atomic mass is 10.1. The fraction of sp³-hybridized carbons (Fsp3) is 0.0667. The number of aromatic nitrogens is 2. The van der Waals surface area contributed by atoms with E-state index < -0.39 is 17.5 Å². The van der Waals surface area contributed by atoms with Crippen molar-refractivity contribution in [2.24, 2.45) is 10.7 Å². The number of hydrogen-bond acceptors (Lipinski definition) is 4. The first-order chi connectivity index (χ1) is 11.9. The van der Waals surface area contributed by atoms with Crippen LogP contribution in [0.2, 0.25) is 5.02 Å². The van der Waals surface area contributed by atoms with Crippen molar-refractivity contribution in [1.29, 1.82) is 0 Å². The Morgan fingerprint density at radius 1 is 1.28 bits per heavy atom. The Balaban J connectivity index is 2.21. The number of H-pyrrole nitrogens is 1. The monoisotopic (exact) mass is 369 g/mol. The van der Waals surface area contributed by atoms with Crippen LogP contribution in [0.1, 0.15) is 11.4 Å². The molecule has 3 aromatic rings. The molecule has 0 bridgehead atoms. The van der Waals surface area contributed by atoms with Crippen LogP contribution < -0.4 is 11.2 Å². The number of rotatable bonds is 3. The van der Waals surface area contributed by atoms with E-state index in [9.17, 15) is 18.4 Å². The maximum Gasteiger partial charge on any atom is 0.186 e. The zero-order valence-electron chi connectivity index (χ0n) is 12.4. The molecule has 0 fully saturated rings. The quantitative estimate of drug-likeness (QED) is 0.324. The number of hydroxylamine groups is 1. The number of imidazole rings is 1. The Bertz CT molecular complexity index is 989. The van der Waals surface area contributed by atoms with Crippen LogP contribution in [-0.2, 0) is 6.54 Å². The van der Waals surface area contributed by atoms with Gasteiger partial charge in [0.1, 0.15) is 17.2 Å². The Labute approximate surface area is 144 Å². The van der Waals surface area contributed by atoms with Crippen molar-refractivity contribution in [3.8, 4) is 0 Å². The molecular formula is C15H11ClF3N5O. The third-order valence-corrected chi connectivity index (χ3v) is 3.70. The van der Waals surface area contributed by atoms with E-state index in [0.717, 1.165) is 12.1 Å². The number of nitrogens with two attached hydrogens (primary N) is 1. The van der Waals surface area contributed by atoms with Crippen LogP contribution in [0, 0.1) is 17.5 Å². The lowest BCUT2D eigenvalue weighted by Gasteiger charge is -2.08. The maximum atomic E-state index is 13.9. The van der Waals surface area contributed by atoms with Gasteiger partial charge in [-0.05, 0) is 24.3 Å². The number of halogens is 4. The number of amidine groups is 1. The Morgan fingerprint density at radius 3 is 2.68 bits per heavy atom. The van der Waals surface area contributed by atoms with Gasteiger partial charge in [0.05, 0.1) is 22.8 Å². The molecule has 0 aliphatic heterocycles. The summed E-state index contributed by atoms with van der Waals surface area (Å²) in [5.41, 5.74) is 7.26. The van der Waals surface area contributed by atoms with Crippen LogP contribution >= 0.6 is 11.6 Å². The molecule has 0 spiro atoms. The molecule has 0 aliphatic rings. The van der Waals surface area contributed by atoms with Gasteiger partial charge in [-0.25, -0.2) is 23.1 Å². The standard InChI is InChI=1S/C15H11ClF3N5O/c16-8-3-6(1-2-9(8)17)21-15(24-25)7-4-10(18)12(19)14-13(7)22-11(5-20)23-14/h1-4,25H,5,20H2,(H,21,24)(H,22,23). The van der Waals surface area contributed by atoms with Crippen molar-refractivity contribution in [3.05, 3.63) is 58.1 Å². The number of hydrogen-bond donors (Lipinski definition) is 4. The van der Waals surface area contributed by atoms with E-state index in [2.05, 4.69) is 15.0 Å². The summed E-state index contributed by atoms with van der Waals surface area (Å²) in [7, 11) is 0. The lowest BCUT2D eigenvalue weighted by molar-refractivity contribution is 0.235. The van der Waals surface area contributed by atoms with E-state index in [1.165, 1.54) is 12.1 Å². The molecule has 0 unspecified atom stereocenters. The summed E-state index contributed by atoms with van der Waals surface area (Å²) in [5, 5.41) is 9.21. The predicted octanol–water partition coefficient (Wildman–Crippen LogP) is 3.15. The summed E-state index contributed by atoms with van der Waals surface area (Å²) < 4.78 is 41.0. The van der Waals surface area contributed by atoms with E-state index in [1.54, 1.807) is 0 Å². The minimum atomic E-state index is -1.18. The molecule has 2 aromatic carbocycles. The van der Waals surface area contributed by atoms with Gasteiger partial charge in [0.25, 0.3) is 0 Å². The molecule has 10 heteroatoms. The predicted molar refractivity (Wildman–Crippen MR) is 86.4 cm³/mol. The number of fused-ring (bicyclic) bond motifs is 1. The molecule has 0 radical (unpaired) electrons. The van der Waals surface area contributed by atoms with Crippen LogP contribution in [0.4, 0.5) is 18.9 Å². The molecule has 6 nitrogen and oxygen atoms in total. The van der Waals surface area contributed by atoms with Gasteiger partial charge in [-0.2, -0.15) is 0 Å². The molecule has 3 rings (SSSR count). The summed E-state index contributed by atoms with van der Waals surface area (Å²) in [5.74, 6) is -2.98. The highest BCUT2D eigenvalue weighted by atomic mass is 35.5. The van der Waals surface area contributed by atoms with Gasteiger partial charge in [-0.3, -0.25) is 10.7 Å². The summed E-state index contributed by atoms with van der Waals surface area (Å²) >= 11 is 5.68. The van der Waals surface area contributed by atoms with Gasteiger partial charge in [-0.15, -0.1) is 0 Å². The van der Waals surface area contributed by atoms with Crippen LogP contribution in [0.25, 0.3) is 11.0 Å². The largest absolute Gasteiger partial charge is 0.340 e. The van der Waals surface area contributed by atoms with Crippen molar-refractivity contribution < 1.29 is 18.4 Å². The lowest BCUT2D eigenvalue weighted by Crippen LogP contribution is -2.21.